The van der Waals surface area contributed by atoms with Crippen molar-refractivity contribution in [2.75, 3.05) is 12.4 Å². The van der Waals surface area contributed by atoms with E-state index in [1.165, 1.54) is 23.5 Å². The van der Waals surface area contributed by atoms with Gasteiger partial charge in [-0.2, -0.15) is 26.3 Å². The summed E-state index contributed by atoms with van der Waals surface area (Å²) in [6.07, 6.45) is -11.9. The van der Waals surface area contributed by atoms with E-state index in [1.807, 2.05) is 0 Å². The lowest BCUT2D eigenvalue weighted by molar-refractivity contribution is -0.294. The number of amides is 1. The van der Waals surface area contributed by atoms with Gasteiger partial charge < -0.3 is 15.4 Å². The summed E-state index contributed by atoms with van der Waals surface area (Å²) in [5.41, 5.74) is -3.63. The third-order valence-corrected chi connectivity index (χ3v) is 5.82. The average molecular weight is 477 g/mol. The van der Waals surface area contributed by atoms with Crippen LogP contribution in [0.1, 0.15) is 21.5 Å². The highest BCUT2D eigenvalue weighted by Crippen LogP contribution is 2.45. The maximum Gasteiger partial charge on any atom is 0.439 e. The predicted octanol–water partition coefficient (Wildman–Crippen LogP) is 5.58. The number of para-hydroxylation sites is 1. The van der Waals surface area contributed by atoms with Gasteiger partial charge in [0.25, 0.3) is 5.91 Å². The minimum absolute atomic E-state index is 0.186. The van der Waals surface area contributed by atoms with Gasteiger partial charge in [-0.05, 0) is 43.2 Å². The summed E-state index contributed by atoms with van der Waals surface area (Å²) in [6, 6.07) is 8.23. The van der Waals surface area contributed by atoms with Crippen LogP contribution in [0.3, 0.4) is 0 Å². The number of nitrogens with one attached hydrogen (secondary N) is 2. The number of anilines is 1. The second-order valence-corrected chi connectivity index (χ2v) is 7.93. The van der Waals surface area contributed by atoms with Gasteiger partial charge in [-0.1, -0.05) is 29.5 Å². The van der Waals surface area contributed by atoms with Crippen molar-refractivity contribution in [3.63, 3.8) is 0 Å². The van der Waals surface area contributed by atoms with Crippen molar-refractivity contribution in [1.29, 1.82) is 0 Å². The van der Waals surface area contributed by atoms with E-state index in [0.29, 0.717) is 21.6 Å². The summed E-state index contributed by atoms with van der Waals surface area (Å²) in [7, 11) is 1.14. The molecule has 0 atom stereocenters. The summed E-state index contributed by atoms with van der Waals surface area (Å²) in [5, 5.41) is 1.89. The van der Waals surface area contributed by atoms with Gasteiger partial charge in [0.2, 0.25) is 0 Å². The number of nitrogens with zero attached hydrogens (tertiary/aromatic N) is 1. The van der Waals surface area contributed by atoms with Crippen LogP contribution in [-0.4, -0.2) is 36.0 Å². The monoisotopic (exact) mass is 477 g/mol. The van der Waals surface area contributed by atoms with Gasteiger partial charge in [0.1, 0.15) is 5.75 Å². The van der Waals surface area contributed by atoms with Gasteiger partial charge in [0.15, 0.2) is 5.13 Å². The van der Waals surface area contributed by atoms with Crippen LogP contribution in [0.25, 0.3) is 10.2 Å². The first-order chi connectivity index (χ1) is 14.8. The molecule has 1 amide bonds. The van der Waals surface area contributed by atoms with Crippen LogP contribution < -0.4 is 15.4 Å². The number of ether oxygens (including phenoxy) is 1. The Morgan fingerprint density at radius 1 is 1.00 bits per heavy atom. The lowest BCUT2D eigenvalue weighted by atomic mass is 10.1. The van der Waals surface area contributed by atoms with Crippen LogP contribution in [0, 0.1) is 13.8 Å². The largest absolute Gasteiger partial charge is 0.496 e. The number of carbonyl (C=O) groups excluding carboxylic acids is 1. The number of alkyl halides is 6. The van der Waals surface area contributed by atoms with Gasteiger partial charge in [-0.15, -0.1) is 0 Å². The van der Waals surface area contributed by atoms with Crippen molar-refractivity contribution in [2.45, 2.75) is 31.9 Å². The normalized spacial score (nSPS) is 12.7. The summed E-state index contributed by atoms with van der Waals surface area (Å²) in [6.45, 7) is 3.40. The van der Waals surface area contributed by atoms with Crippen LogP contribution in [0.5, 0.6) is 5.75 Å². The third-order valence-electron chi connectivity index (χ3n) is 4.88. The highest BCUT2D eigenvalue weighted by atomic mass is 32.1. The van der Waals surface area contributed by atoms with E-state index in [2.05, 4.69) is 4.98 Å². The fourth-order valence-electron chi connectivity index (χ4n) is 2.99. The van der Waals surface area contributed by atoms with Crippen molar-refractivity contribution < 1.29 is 35.9 Å². The SMILES string of the molecule is COc1ccccc1C(=O)NC(Nc1nc2c(C)c(C)ccc2s1)(C(F)(F)F)C(F)(F)F. The predicted molar refractivity (Wildman–Crippen MR) is 108 cm³/mol. The number of methoxy groups -OCH3 is 1. The Kier molecular flexibility index (Phi) is 6.02. The third kappa shape index (κ3) is 4.06. The Hall–Kier alpha value is -3.02. The molecule has 0 spiro atoms. The molecule has 5 nitrogen and oxygen atoms in total. The molecule has 12 heteroatoms. The zero-order valence-corrected chi connectivity index (χ0v) is 17.7. The number of thiazole rings is 1. The van der Waals surface area contributed by atoms with Crippen molar-refractivity contribution in [3.05, 3.63) is 53.1 Å². The van der Waals surface area contributed by atoms with Gasteiger partial charge in [0, 0.05) is 0 Å². The molecule has 0 aliphatic carbocycles. The molecule has 3 rings (SSSR count). The maximum absolute atomic E-state index is 14.0. The topological polar surface area (TPSA) is 63.2 Å². The Morgan fingerprint density at radius 2 is 1.62 bits per heavy atom. The van der Waals surface area contributed by atoms with Gasteiger partial charge >= 0.3 is 18.0 Å². The molecule has 0 saturated carbocycles. The fourth-order valence-corrected chi connectivity index (χ4v) is 3.97. The molecule has 3 aromatic rings. The zero-order valence-electron chi connectivity index (χ0n) is 16.9. The van der Waals surface area contributed by atoms with E-state index in [9.17, 15) is 31.1 Å². The van der Waals surface area contributed by atoms with Crippen LogP contribution in [0.2, 0.25) is 0 Å². The first-order valence-corrected chi connectivity index (χ1v) is 9.86. The number of halogens is 6. The lowest BCUT2D eigenvalue weighted by Gasteiger charge is -2.38. The number of hydrogen-bond acceptors (Lipinski definition) is 5. The zero-order chi connectivity index (χ0) is 23.9. The molecule has 1 heterocycles. The summed E-state index contributed by atoms with van der Waals surface area (Å²) >= 11 is 0.612. The molecule has 0 aliphatic heterocycles. The lowest BCUT2D eigenvalue weighted by Crippen LogP contribution is -2.72. The van der Waals surface area contributed by atoms with E-state index >= 15 is 0 Å². The van der Waals surface area contributed by atoms with E-state index in [4.69, 9.17) is 4.74 Å². The molecule has 172 valence electrons. The van der Waals surface area contributed by atoms with Crippen molar-refractivity contribution in [3.8, 4) is 5.75 Å². The molecule has 0 bridgehead atoms. The Bertz CT molecular complexity index is 1140. The minimum Gasteiger partial charge on any atom is -0.496 e. The Morgan fingerprint density at radius 3 is 2.22 bits per heavy atom. The number of aryl methyl sites for hydroxylation is 2. The molecule has 32 heavy (non-hydrogen) atoms. The van der Waals surface area contributed by atoms with Crippen LogP contribution in [0.15, 0.2) is 36.4 Å². The highest BCUT2D eigenvalue weighted by molar-refractivity contribution is 7.22. The molecule has 0 unspecified atom stereocenters. The van der Waals surface area contributed by atoms with E-state index in [0.717, 1.165) is 24.1 Å². The summed E-state index contributed by atoms with van der Waals surface area (Å²) < 4.78 is 89.0. The second-order valence-electron chi connectivity index (χ2n) is 6.90. The van der Waals surface area contributed by atoms with Crippen molar-refractivity contribution in [1.82, 2.24) is 10.3 Å². The Balaban J connectivity index is 2.11. The van der Waals surface area contributed by atoms with Crippen molar-refractivity contribution >= 4 is 32.6 Å². The number of aromatic nitrogens is 1. The molecule has 0 saturated heterocycles. The molecule has 2 aromatic carbocycles. The summed E-state index contributed by atoms with van der Waals surface area (Å²) in [5.74, 6) is -1.81. The number of rotatable bonds is 5. The molecule has 0 fully saturated rings. The molecule has 0 radical (unpaired) electrons. The van der Waals surface area contributed by atoms with E-state index in [-0.39, 0.29) is 11.3 Å². The summed E-state index contributed by atoms with van der Waals surface area (Å²) in [4.78, 5) is 16.5. The molecule has 2 N–H and O–H groups in total. The number of carbonyl (C=O) groups is 1. The number of fused-ring (bicyclic) bond motifs is 1. The first-order valence-electron chi connectivity index (χ1n) is 9.04. The Labute approximate surface area is 182 Å². The molecule has 0 aliphatic rings. The molecule has 1 aromatic heterocycles. The standard InChI is InChI=1S/C20H17F6N3O2S/c1-10-8-9-14-15(11(10)2)27-17(32-14)29-18(19(21,22)23,20(24,25)26)28-16(30)12-6-4-5-7-13(12)31-3/h4-9H,1-3H3,(H,27,29)(H,28,30). The van der Waals surface area contributed by atoms with Crippen molar-refractivity contribution in [2.24, 2.45) is 0 Å². The average Bonchev–Trinajstić information content (AvgIpc) is 3.11. The second kappa shape index (κ2) is 8.15. The highest BCUT2D eigenvalue weighted by Gasteiger charge is 2.73. The van der Waals surface area contributed by atoms with Gasteiger partial charge in [-0.25, -0.2) is 4.98 Å². The van der Waals surface area contributed by atoms with Gasteiger partial charge in [0.05, 0.1) is 22.9 Å². The van der Waals surface area contributed by atoms with Crippen LogP contribution in [-0.2, 0) is 0 Å². The minimum atomic E-state index is -5.97. The number of benzene rings is 2. The van der Waals surface area contributed by atoms with E-state index in [1.54, 1.807) is 26.0 Å². The molecular formula is C20H17F6N3O2S. The maximum atomic E-state index is 14.0. The number of hydrogen-bond donors (Lipinski definition) is 2. The molecular weight excluding hydrogens is 460 g/mol. The fraction of sp³-hybridized carbons (Fsp3) is 0.300. The van der Waals surface area contributed by atoms with E-state index < -0.39 is 34.6 Å². The van der Waals surface area contributed by atoms with Crippen LogP contribution in [0.4, 0.5) is 31.5 Å². The smallest absolute Gasteiger partial charge is 0.439 e. The quantitative estimate of drug-likeness (QED) is 0.372. The van der Waals surface area contributed by atoms with Gasteiger partial charge in [-0.3, -0.25) is 4.79 Å². The van der Waals surface area contributed by atoms with Crippen LogP contribution >= 0.6 is 11.3 Å². The first kappa shape index (κ1) is 23.6.